The second kappa shape index (κ2) is 8.17. The molecule has 0 unspecified atom stereocenters. The highest BCUT2D eigenvalue weighted by Crippen LogP contribution is 2.25. The Morgan fingerprint density at radius 2 is 1.96 bits per heavy atom. The Kier molecular flexibility index (Phi) is 5.71. The van der Waals surface area contributed by atoms with Crippen molar-refractivity contribution in [3.05, 3.63) is 59.5 Å². The molecule has 5 heteroatoms. The molecule has 3 rings (SSSR count). The summed E-state index contributed by atoms with van der Waals surface area (Å²) < 4.78 is 5.87. The van der Waals surface area contributed by atoms with Crippen molar-refractivity contribution in [2.75, 3.05) is 18.2 Å². The molecule has 130 valence electrons. The number of rotatable bonds is 7. The van der Waals surface area contributed by atoms with Crippen LogP contribution in [0.25, 0.3) is 10.9 Å². The normalized spacial score (nSPS) is 11.0. The van der Waals surface area contributed by atoms with Crippen molar-refractivity contribution in [2.24, 2.45) is 0 Å². The van der Waals surface area contributed by atoms with Gasteiger partial charge < -0.3 is 10.5 Å². The van der Waals surface area contributed by atoms with Gasteiger partial charge in [0.2, 0.25) is 0 Å². The zero-order valence-corrected chi connectivity index (χ0v) is 15.1. The van der Waals surface area contributed by atoms with Gasteiger partial charge in [0, 0.05) is 29.4 Å². The fourth-order valence-electron chi connectivity index (χ4n) is 2.74. The van der Waals surface area contributed by atoms with Crippen LogP contribution in [0.15, 0.2) is 42.6 Å². The molecule has 0 atom stereocenters. The van der Waals surface area contributed by atoms with E-state index in [0.29, 0.717) is 24.6 Å². The van der Waals surface area contributed by atoms with Gasteiger partial charge in [-0.1, -0.05) is 18.2 Å². The average molecular weight is 356 g/mol. The van der Waals surface area contributed by atoms with Crippen molar-refractivity contribution in [1.29, 1.82) is 0 Å². The van der Waals surface area contributed by atoms with Crippen LogP contribution in [0.3, 0.4) is 0 Å². The fourth-order valence-corrected chi connectivity index (χ4v) is 2.93. The molecular weight excluding hydrogens is 334 g/mol. The standard InChI is InChI=1S/C20H22ClN3O/c1-14-18(23-10-8-20(14)25-11-5-4-9-21)13-19-16(22)12-15-6-2-3-7-17(15)24-19/h2-3,6-8,10,12H,4-5,9,11,13,22H2,1H3. The van der Waals surface area contributed by atoms with Crippen LogP contribution in [0, 0.1) is 6.92 Å². The molecule has 0 amide bonds. The lowest BCUT2D eigenvalue weighted by Crippen LogP contribution is -2.05. The topological polar surface area (TPSA) is 61.0 Å². The summed E-state index contributed by atoms with van der Waals surface area (Å²) in [5, 5.41) is 1.05. The summed E-state index contributed by atoms with van der Waals surface area (Å²) in [6.07, 6.45) is 4.26. The first-order chi connectivity index (χ1) is 12.2. The molecule has 2 heterocycles. The predicted octanol–water partition coefficient (Wildman–Crippen LogP) is 4.51. The number of nitrogen functional groups attached to an aromatic ring is 1. The first-order valence-electron chi connectivity index (χ1n) is 8.46. The molecule has 0 saturated carbocycles. The first-order valence-corrected chi connectivity index (χ1v) is 9.00. The number of aromatic nitrogens is 2. The van der Waals surface area contributed by atoms with E-state index in [4.69, 9.17) is 27.1 Å². The fraction of sp³-hybridized carbons (Fsp3) is 0.300. The van der Waals surface area contributed by atoms with Crippen molar-refractivity contribution in [3.8, 4) is 5.75 Å². The van der Waals surface area contributed by atoms with Crippen molar-refractivity contribution in [2.45, 2.75) is 26.2 Å². The minimum atomic E-state index is 0.585. The van der Waals surface area contributed by atoms with Gasteiger partial charge in [-0.15, -0.1) is 11.6 Å². The van der Waals surface area contributed by atoms with Crippen LogP contribution in [-0.4, -0.2) is 22.5 Å². The van der Waals surface area contributed by atoms with Crippen LogP contribution in [0.1, 0.15) is 29.8 Å². The predicted molar refractivity (Wildman–Crippen MR) is 103 cm³/mol. The van der Waals surface area contributed by atoms with E-state index in [1.165, 1.54) is 0 Å². The molecule has 0 fully saturated rings. The highest BCUT2D eigenvalue weighted by Gasteiger charge is 2.11. The van der Waals surface area contributed by atoms with Gasteiger partial charge in [0.15, 0.2) is 0 Å². The number of halogens is 1. The molecule has 0 spiro atoms. The molecule has 2 N–H and O–H groups in total. The molecule has 0 radical (unpaired) electrons. The van der Waals surface area contributed by atoms with Gasteiger partial charge in [0.05, 0.1) is 29.2 Å². The number of hydrogen-bond donors (Lipinski definition) is 1. The molecule has 0 bridgehead atoms. The Morgan fingerprint density at radius 3 is 2.80 bits per heavy atom. The van der Waals surface area contributed by atoms with E-state index in [9.17, 15) is 0 Å². The van der Waals surface area contributed by atoms with E-state index >= 15 is 0 Å². The lowest BCUT2D eigenvalue weighted by atomic mass is 10.1. The molecule has 25 heavy (non-hydrogen) atoms. The second-order valence-corrected chi connectivity index (χ2v) is 6.40. The first kappa shape index (κ1) is 17.5. The summed E-state index contributed by atoms with van der Waals surface area (Å²) in [7, 11) is 0. The Labute approximate surface area is 153 Å². The number of nitrogens with two attached hydrogens (primary N) is 1. The summed E-state index contributed by atoms with van der Waals surface area (Å²) in [5.41, 5.74) is 10.6. The smallest absolute Gasteiger partial charge is 0.125 e. The van der Waals surface area contributed by atoms with Gasteiger partial charge in [-0.3, -0.25) is 9.97 Å². The van der Waals surface area contributed by atoms with E-state index in [1.54, 1.807) is 6.20 Å². The van der Waals surface area contributed by atoms with Crippen LogP contribution >= 0.6 is 11.6 Å². The maximum Gasteiger partial charge on any atom is 0.125 e. The second-order valence-electron chi connectivity index (χ2n) is 6.02. The number of unbranched alkanes of at least 4 members (excludes halogenated alkanes) is 1. The number of nitrogens with zero attached hydrogens (tertiary/aromatic N) is 2. The number of para-hydroxylation sites is 1. The van der Waals surface area contributed by atoms with Gasteiger partial charge in [-0.2, -0.15) is 0 Å². The molecule has 0 saturated heterocycles. The van der Waals surface area contributed by atoms with Crippen LogP contribution in [0.5, 0.6) is 5.75 Å². The van der Waals surface area contributed by atoms with Gasteiger partial charge in [0.1, 0.15) is 5.75 Å². The Balaban J connectivity index is 1.82. The van der Waals surface area contributed by atoms with E-state index in [-0.39, 0.29) is 0 Å². The van der Waals surface area contributed by atoms with E-state index in [0.717, 1.165) is 46.4 Å². The number of pyridine rings is 2. The number of hydrogen-bond acceptors (Lipinski definition) is 4. The van der Waals surface area contributed by atoms with Gasteiger partial charge in [-0.05, 0) is 38.0 Å². The molecule has 2 aromatic heterocycles. The van der Waals surface area contributed by atoms with E-state index in [1.807, 2.05) is 43.3 Å². The molecule has 3 aromatic rings. The van der Waals surface area contributed by atoms with Crippen LogP contribution in [-0.2, 0) is 6.42 Å². The van der Waals surface area contributed by atoms with Crippen molar-refractivity contribution >= 4 is 28.2 Å². The zero-order valence-electron chi connectivity index (χ0n) is 14.3. The molecule has 1 aromatic carbocycles. The summed E-state index contributed by atoms with van der Waals surface area (Å²) in [6, 6.07) is 11.8. The molecular formula is C20H22ClN3O. The number of alkyl halides is 1. The maximum absolute atomic E-state index is 6.20. The number of ether oxygens (including phenoxy) is 1. The minimum Gasteiger partial charge on any atom is -0.493 e. The van der Waals surface area contributed by atoms with Crippen molar-refractivity contribution < 1.29 is 4.74 Å². The average Bonchev–Trinajstić information content (AvgIpc) is 2.62. The molecule has 0 aliphatic rings. The van der Waals surface area contributed by atoms with Gasteiger partial charge >= 0.3 is 0 Å². The maximum atomic E-state index is 6.20. The van der Waals surface area contributed by atoms with Crippen LogP contribution < -0.4 is 10.5 Å². The van der Waals surface area contributed by atoms with Crippen LogP contribution in [0.2, 0.25) is 0 Å². The van der Waals surface area contributed by atoms with E-state index < -0.39 is 0 Å². The highest BCUT2D eigenvalue weighted by molar-refractivity contribution is 6.17. The van der Waals surface area contributed by atoms with E-state index in [2.05, 4.69) is 4.98 Å². The molecule has 0 aliphatic heterocycles. The Morgan fingerprint density at radius 1 is 1.12 bits per heavy atom. The van der Waals surface area contributed by atoms with Crippen LogP contribution in [0.4, 0.5) is 5.69 Å². The monoisotopic (exact) mass is 355 g/mol. The number of anilines is 1. The third-order valence-electron chi connectivity index (χ3n) is 4.22. The lowest BCUT2D eigenvalue weighted by molar-refractivity contribution is 0.307. The summed E-state index contributed by atoms with van der Waals surface area (Å²) in [6.45, 7) is 2.68. The minimum absolute atomic E-state index is 0.585. The zero-order chi connectivity index (χ0) is 17.6. The number of fused-ring (bicyclic) bond motifs is 1. The van der Waals surface area contributed by atoms with Gasteiger partial charge in [0.25, 0.3) is 0 Å². The third kappa shape index (κ3) is 4.20. The molecule has 0 aliphatic carbocycles. The third-order valence-corrected chi connectivity index (χ3v) is 4.48. The largest absolute Gasteiger partial charge is 0.493 e. The molecule has 4 nitrogen and oxygen atoms in total. The highest BCUT2D eigenvalue weighted by atomic mass is 35.5. The SMILES string of the molecule is Cc1c(OCCCCCl)ccnc1Cc1nc2ccccc2cc1N. The van der Waals surface area contributed by atoms with Crippen molar-refractivity contribution in [3.63, 3.8) is 0 Å². The Bertz CT molecular complexity index is 867. The summed E-state index contributed by atoms with van der Waals surface area (Å²) in [4.78, 5) is 9.21. The number of benzene rings is 1. The lowest BCUT2D eigenvalue weighted by Gasteiger charge is -2.13. The summed E-state index contributed by atoms with van der Waals surface area (Å²) in [5.74, 6) is 1.52. The summed E-state index contributed by atoms with van der Waals surface area (Å²) >= 11 is 5.70. The Hall–Kier alpha value is -2.33. The van der Waals surface area contributed by atoms with Gasteiger partial charge in [-0.25, -0.2) is 0 Å². The van der Waals surface area contributed by atoms with Crippen molar-refractivity contribution in [1.82, 2.24) is 9.97 Å². The quantitative estimate of drug-likeness (QED) is 0.500.